The Morgan fingerprint density at radius 2 is 2.07 bits per heavy atom. The fraction of sp³-hybridized carbons (Fsp3) is 0.100. The third kappa shape index (κ3) is 1.31. The summed E-state index contributed by atoms with van der Waals surface area (Å²) in [5.74, 6) is 0. The van der Waals surface area contributed by atoms with Gasteiger partial charge in [-0.25, -0.2) is 4.98 Å². The third-order valence-corrected chi connectivity index (χ3v) is 3.20. The summed E-state index contributed by atoms with van der Waals surface area (Å²) in [5.41, 5.74) is 3.08. The molecule has 3 nitrogen and oxygen atoms in total. The summed E-state index contributed by atoms with van der Waals surface area (Å²) < 4.78 is 2.01. The minimum absolute atomic E-state index is 0.554. The highest BCUT2D eigenvalue weighted by atomic mass is 35.5. The van der Waals surface area contributed by atoms with Crippen LogP contribution in [0.4, 0.5) is 5.69 Å². The van der Waals surface area contributed by atoms with Gasteiger partial charge < -0.3 is 5.32 Å². The maximum atomic E-state index is 5.99. The predicted molar refractivity (Wildman–Crippen MR) is 60.9 cm³/mol. The molecule has 0 saturated carbocycles. The fourth-order valence-electron chi connectivity index (χ4n) is 1.73. The topological polar surface area (TPSA) is 29.9 Å². The molecule has 76 valence electrons. The van der Waals surface area contributed by atoms with E-state index < -0.39 is 0 Å². The van der Waals surface area contributed by atoms with E-state index in [9.17, 15) is 0 Å². The Morgan fingerprint density at radius 3 is 2.93 bits per heavy atom. The molecule has 2 heterocycles. The monoisotopic (exact) mass is 239 g/mol. The SMILES string of the molecule is Clc1cc2c(cc1Cl)-n1cncc1CN2. The Bertz CT molecular complexity index is 533. The number of aromatic nitrogens is 2. The van der Waals surface area contributed by atoms with Crippen molar-refractivity contribution in [3.8, 4) is 5.69 Å². The van der Waals surface area contributed by atoms with Crippen LogP contribution in [0.15, 0.2) is 24.7 Å². The van der Waals surface area contributed by atoms with Crippen molar-refractivity contribution < 1.29 is 0 Å². The second-order valence-electron chi connectivity index (χ2n) is 3.39. The van der Waals surface area contributed by atoms with Crippen molar-refractivity contribution in [1.82, 2.24) is 9.55 Å². The van der Waals surface area contributed by atoms with Gasteiger partial charge in [0.2, 0.25) is 0 Å². The summed E-state index contributed by atoms with van der Waals surface area (Å²) >= 11 is 11.9. The van der Waals surface area contributed by atoms with Gasteiger partial charge in [-0.3, -0.25) is 4.57 Å². The molecule has 0 atom stereocenters. The number of hydrogen-bond donors (Lipinski definition) is 1. The Hall–Kier alpha value is -1.19. The van der Waals surface area contributed by atoms with Crippen LogP contribution in [-0.2, 0) is 6.54 Å². The molecule has 1 aliphatic rings. The molecule has 0 fully saturated rings. The summed E-state index contributed by atoms with van der Waals surface area (Å²) in [6.45, 7) is 0.755. The number of fused-ring (bicyclic) bond motifs is 3. The van der Waals surface area contributed by atoms with Gasteiger partial charge in [0.25, 0.3) is 0 Å². The first-order valence-electron chi connectivity index (χ1n) is 4.50. The Labute approximate surface area is 96.6 Å². The smallest absolute Gasteiger partial charge is 0.0995 e. The normalized spacial score (nSPS) is 12.9. The fourth-order valence-corrected chi connectivity index (χ4v) is 2.05. The molecule has 0 saturated heterocycles. The first-order chi connectivity index (χ1) is 7.25. The number of benzene rings is 1. The lowest BCUT2D eigenvalue weighted by Gasteiger charge is -2.21. The Balaban J connectivity index is 2.28. The highest BCUT2D eigenvalue weighted by molar-refractivity contribution is 6.42. The molecule has 0 bridgehead atoms. The average Bonchev–Trinajstić information content (AvgIpc) is 2.68. The van der Waals surface area contributed by atoms with Crippen LogP contribution in [-0.4, -0.2) is 9.55 Å². The van der Waals surface area contributed by atoms with Crippen LogP contribution in [0.3, 0.4) is 0 Å². The summed E-state index contributed by atoms with van der Waals surface area (Å²) in [6, 6.07) is 3.68. The maximum absolute atomic E-state index is 5.99. The lowest BCUT2D eigenvalue weighted by atomic mass is 10.2. The van der Waals surface area contributed by atoms with Crippen molar-refractivity contribution in [1.29, 1.82) is 0 Å². The quantitative estimate of drug-likeness (QED) is 0.766. The van der Waals surface area contributed by atoms with Gasteiger partial charge in [-0.05, 0) is 12.1 Å². The zero-order chi connectivity index (χ0) is 10.4. The third-order valence-electron chi connectivity index (χ3n) is 2.47. The van der Waals surface area contributed by atoms with Gasteiger partial charge in [-0.2, -0.15) is 0 Å². The van der Waals surface area contributed by atoms with Crippen molar-refractivity contribution in [2.75, 3.05) is 5.32 Å². The van der Waals surface area contributed by atoms with Crippen LogP contribution < -0.4 is 5.32 Å². The van der Waals surface area contributed by atoms with Gasteiger partial charge in [0.15, 0.2) is 0 Å². The van der Waals surface area contributed by atoms with Crippen LogP contribution >= 0.6 is 23.2 Å². The number of halogens is 2. The molecule has 1 aliphatic heterocycles. The predicted octanol–water partition coefficient (Wildman–Crippen LogP) is 3.10. The molecule has 2 aromatic rings. The number of rotatable bonds is 0. The minimum Gasteiger partial charge on any atom is -0.378 e. The second kappa shape index (κ2) is 3.15. The van der Waals surface area contributed by atoms with Gasteiger partial charge in [0.05, 0.1) is 46.2 Å². The molecular weight excluding hydrogens is 233 g/mol. The molecule has 5 heteroatoms. The highest BCUT2D eigenvalue weighted by Crippen LogP contribution is 2.34. The lowest BCUT2D eigenvalue weighted by Crippen LogP contribution is -2.13. The molecule has 1 aromatic carbocycles. The average molecular weight is 240 g/mol. The van der Waals surface area contributed by atoms with Crippen LogP contribution in [0.5, 0.6) is 0 Å². The summed E-state index contributed by atoms with van der Waals surface area (Å²) in [6.07, 6.45) is 3.61. The summed E-state index contributed by atoms with van der Waals surface area (Å²) in [7, 11) is 0. The zero-order valence-electron chi connectivity index (χ0n) is 7.67. The molecule has 0 aliphatic carbocycles. The van der Waals surface area contributed by atoms with Gasteiger partial charge in [0, 0.05) is 0 Å². The van der Waals surface area contributed by atoms with Gasteiger partial charge >= 0.3 is 0 Å². The van der Waals surface area contributed by atoms with E-state index in [1.165, 1.54) is 0 Å². The van der Waals surface area contributed by atoms with E-state index in [2.05, 4.69) is 10.3 Å². The Kier molecular flexibility index (Phi) is 1.90. The van der Waals surface area contributed by atoms with E-state index in [1.807, 2.05) is 22.9 Å². The molecule has 3 rings (SSSR count). The van der Waals surface area contributed by atoms with Crippen molar-refractivity contribution in [2.24, 2.45) is 0 Å². The van der Waals surface area contributed by atoms with E-state index in [0.29, 0.717) is 10.0 Å². The number of hydrogen-bond acceptors (Lipinski definition) is 2. The Morgan fingerprint density at radius 1 is 1.27 bits per heavy atom. The van der Waals surface area contributed by atoms with E-state index in [0.717, 1.165) is 23.6 Å². The largest absolute Gasteiger partial charge is 0.378 e. The molecule has 0 amide bonds. The first kappa shape index (κ1) is 9.07. The van der Waals surface area contributed by atoms with E-state index in [4.69, 9.17) is 23.2 Å². The standard InChI is InChI=1S/C10H7Cl2N3/c11-7-1-9-10(2-8(7)12)15-5-13-3-6(15)4-14-9/h1-3,5,14H,4H2. The van der Waals surface area contributed by atoms with Gasteiger partial charge in [0.1, 0.15) is 0 Å². The lowest BCUT2D eigenvalue weighted by molar-refractivity contribution is 0.906. The van der Waals surface area contributed by atoms with Crippen LogP contribution in [0.2, 0.25) is 10.0 Å². The number of nitrogens with zero attached hydrogens (tertiary/aromatic N) is 2. The van der Waals surface area contributed by atoms with Crippen LogP contribution in [0.1, 0.15) is 5.69 Å². The van der Waals surface area contributed by atoms with Crippen LogP contribution in [0, 0.1) is 0 Å². The van der Waals surface area contributed by atoms with E-state index in [-0.39, 0.29) is 0 Å². The summed E-state index contributed by atoms with van der Waals surface area (Å²) in [5, 5.41) is 4.39. The molecular formula is C10H7Cl2N3. The molecule has 0 spiro atoms. The molecule has 0 radical (unpaired) electrons. The molecule has 1 aromatic heterocycles. The number of imidazole rings is 1. The van der Waals surface area contributed by atoms with Crippen molar-refractivity contribution >= 4 is 28.9 Å². The first-order valence-corrected chi connectivity index (χ1v) is 5.26. The van der Waals surface area contributed by atoms with Gasteiger partial charge in [-0.15, -0.1) is 0 Å². The van der Waals surface area contributed by atoms with Crippen LogP contribution in [0.25, 0.3) is 5.69 Å². The molecule has 0 unspecified atom stereocenters. The molecule has 1 N–H and O–H groups in total. The zero-order valence-corrected chi connectivity index (χ0v) is 9.18. The van der Waals surface area contributed by atoms with Gasteiger partial charge in [-0.1, -0.05) is 23.2 Å². The molecule has 15 heavy (non-hydrogen) atoms. The minimum atomic E-state index is 0.554. The van der Waals surface area contributed by atoms with Crippen molar-refractivity contribution in [3.05, 3.63) is 40.4 Å². The second-order valence-corrected chi connectivity index (χ2v) is 4.21. The van der Waals surface area contributed by atoms with E-state index in [1.54, 1.807) is 6.33 Å². The van der Waals surface area contributed by atoms with Crippen molar-refractivity contribution in [3.63, 3.8) is 0 Å². The number of anilines is 1. The summed E-state index contributed by atoms with van der Waals surface area (Å²) in [4.78, 5) is 4.10. The van der Waals surface area contributed by atoms with E-state index >= 15 is 0 Å². The number of nitrogens with one attached hydrogen (secondary N) is 1. The van der Waals surface area contributed by atoms with Crippen molar-refractivity contribution in [2.45, 2.75) is 6.54 Å². The maximum Gasteiger partial charge on any atom is 0.0995 e. The highest BCUT2D eigenvalue weighted by Gasteiger charge is 2.16.